The molecule has 14 heavy (non-hydrogen) atoms. The number of halogens is 3. The summed E-state index contributed by atoms with van der Waals surface area (Å²) in [7, 11) is 3.74. The van der Waals surface area contributed by atoms with Crippen molar-refractivity contribution in [3.63, 3.8) is 0 Å². The van der Waals surface area contributed by atoms with E-state index in [0.29, 0.717) is 12.1 Å². The molecular weight excluding hydrogens is 208 g/mol. The molecule has 0 saturated heterocycles. The summed E-state index contributed by atoms with van der Waals surface area (Å²) in [4.78, 5) is 1.89. The van der Waals surface area contributed by atoms with Crippen molar-refractivity contribution in [1.29, 1.82) is 0 Å². The molecule has 0 aromatic heterocycles. The van der Waals surface area contributed by atoms with Crippen molar-refractivity contribution in [3.8, 4) is 0 Å². The van der Waals surface area contributed by atoms with Crippen LogP contribution in [0.4, 0.5) is 8.78 Å². The average molecular weight is 220 g/mol. The highest BCUT2D eigenvalue weighted by Crippen LogP contribution is 2.22. The van der Waals surface area contributed by atoms with Crippen LogP contribution in [0.3, 0.4) is 0 Å². The first-order valence-corrected chi connectivity index (χ1v) is 4.68. The van der Waals surface area contributed by atoms with Gasteiger partial charge >= 0.3 is 0 Å². The lowest BCUT2D eigenvalue weighted by Crippen LogP contribution is -2.17. The predicted molar refractivity (Wildman–Crippen MR) is 53.5 cm³/mol. The van der Waals surface area contributed by atoms with E-state index >= 15 is 0 Å². The lowest BCUT2D eigenvalue weighted by molar-refractivity contribution is 0.407. The number of rotatable bonds is 3. The highest BCUT2D eigenvalue weighted by atomic mass is 35.5. The fraction of sp³-hybridized carbons (Fsp3) is 0.400. The Bertz CT molecular complexity index is 315. The molecule has 1 aromatic rings. The maximum absolute atomic E-state index is 12.8. The second-order valence-corrected chi connectivity index (χ2v) is 3.93. The van der Waals surface area contributed by atoms with Crippen LogP contribution in [0.1, 0.15) is 10.9 Å². The summed E-state index contributed by atoms with van der Waals surface area (Å²) in [5.41, 5.74) is 0.597. The summed E-state index contributed by atoms with van der Waals surface area (Å²) in [5.74, 6) is -1.70. The average Bonchev–Trinajstić information content (AvgIpc) is 2.08. The minimum atomic E-state index is -0.855. The molecule has 0 amide bonds. The molecule has 1 rings (SSSR count). The number of likely N-dealkylation sites (N-methyl/N-ethyl adjacent to an activating group) is 1. The van der Waals surface area contributed by atoms with Crippen molar-refractivity contribution in [2.45, 2.75) is 5.38 Å². The third kappa shape index (κ3) is 2.93. The summed E-state index contributed by atoms with van der Waals surface area (Å²) in [6.45, 7) is 0.590. The van der Waals surface area contributed by atoms with Crippen molar-refractivity contribution in [1.82, 2.24) is 4.90 Å². The first kappa shape index (κ1) is 11.4. The van der Waals surface area contributed by atoms with Gasteiger partial charge in [0.05, 0.1) is 5.38 Å². The molecule has 0 radical (unpaired) electrons. The third-order valence-corrected chi connectivity index (χ3v) is 2.22. The molecule has 0 aliphatic carbocycles. The number of hydrogen-bond acceptors (Lipinski definition) is 1. The van der Waals surface area contributed by atoms with Crippen LogP contribution < -0.4 is 0 Å². The molecule has 4 heteroatoms. The number of hydrogen-bond donors (Lipinski definition) is 0. The maximum atomic E-state index is 12.8. The Balaban J connectivity index is 2.80. The molecular formula is C10H12ClF2N. The molecule has 0 fully saturated rings. The van der Waals surface area contributed by atoms with Gasteiger partial charge in [0, 0.05) is 6.54 Å². The van der Waals surface area contributed by atoms with E-state index in [4.69, 9.17) is 11.6 Å². The van der Waals surface area contributed by atoms with E-state index < -0.39 is 11.6 Å². The first-order chi connectivity index (χ1) is 6.50. The van der Waals surface area contributed by atoms with Gasteiger partial charge in [0.25, 0.3) is 0 Å². The van der Waals surface area contributed by atoms with E-state index in [-0.39, 0.29) is 5.38 Å². The largest absolute Gasteiger partial charge is 0.308 e. The zero-order chi connectivity index (χ0) is 10.7. The highest BCUT2D eigenvalue weighted by Gasteiger charge is 2.11. The molecule has 0 aliphatic rings. The molecule has 1 atom stereocenters. The standard InChI is InChI=1S/C10H12ClF2N/c1-14(2)6-8(11)7-3-4-9(12)10(13)5-7/h3-5,8H,6H2,1-2H3. The first-order valence-electron chi connectivity index (χ1n) is 4.24. The van der Waals surface area contributed by atoms with Gasteiger partial charge in [-0.2, -0.15) is 0 Å². The molecule has 0 aliphatic heterocycles. The lowest BCUT2D eigenvalue weighted by atomic mass is 10.1. The molecule has 1 unspecified atom stereocenters. The maximum Gasteiger partial charge on any atom is 0.159 e. The van der Waals surface area contributed by atoms with Gasteiger partial charge in [0.2, 0.25) is 0 Å². The van der Waals surface area contributed by atoms with Crippen molar-refractivity contribution < 1.29 is 8.78 Å². The van der Waals surface area contributed by atoms with E-state index in [1.807, 2.05) is 19.0 Å². The van der Waals surface area contributed by atoms with Gasteiger partial charge in [-0.15, -0.1) is 11.6 Å². The number of benzene rings is 1. The third-order valence-electron chi connectivity index (χ3n) is 1.83. The summed E-state index contributed by atoms with van der Waals surface area (Å²) in [6.07, 6.45) is 0. The Kier molecular flexibility index (Phi) is 3.84. The molecule has 0 spiro atoms. The fourth-order valence-corrected chi connectivity index (χ4v) is 1.54. The Morgan fingerprint density at radius 2 is 1.93 bits per heavy atom. The fourth-order valence-electron chi connectivity index (χ4n) is 1.13. The highest BCUT2D eigenvalue weighted by molar-refractivity contribution is 6.21. The Morgan fingerprint density at radius 3 is 2.43 bits per heavy atom. The van der Waals surface area contributed by atoms with Crippen molar-refractivity contribution >= 4 is 11.6 Å². The van der Waals surface area contributed by atoms with Crippen LogP contribution in [-0.4, -0.2) is 25.5 Å². The summed E-state index contributed by atoms with van der Waals surface area (Å²) in [5, 5.41) is -0.319. The molecule has 78 valence electrons. The monoisotopic (exact) mass is 219 g/mol. The lowest BCUT2D eigenvalue weighted by Gasteiger charge is -2.15. The molecule has 0 saturated carbocycles. The smallest absolute Gasteiger partial charge is 0.159 e. The van der Waals surface area contributed by atoms with E-state index in [2.05, 4.69) is 0 Å². The van der Waals surface area contributed by atoms with E-state index in [1.165, 1.54) is 6.07 Å². The molecule has 1 nitrogen and oxygen atoms in total. The quantitative estimate of drug-likeness (QED) is 0.707. The van der Waals surface area contributed by atoms with Crippen molar-refractivity contribution in [3.05, 3.63) is 35.4 Å². The van der Waals surface area contributed by atoms with Gasteiger partial charge in [-0.1, -0.05) is 6.07 Å². The topological polar surface area (TPSA) is 3.24 Å². The van der Waals surface area contributed by atoms with Gasteiger partial charge in [-0.3, -0.25) is 0 Å². The normalized spacial score (nSPS) is 13.3. The van der Waals surface area contributed by atoms with Gasteiger partial charge in [0.15, 0.2) is 11.6 Å². The van der Waals surface area contributed by atoms with Gasteiger partial charge in [-0.25, -0.2) is 8.78 Å². The molecule has 0 N–H and O–H groups in total. The van der Waals surface area contributed by atoms with Crippen molar-refractivity contribution in [2.75, 3.05) is 20.6 Å². The number of alkyl halides is 1. The summed E-state index contributed by atoms with van der Waals surface area (Å²) >= 11 is 5.99. The number of nitrogens with zero attached hydrogens (tertiary/aromatic N) is 1. The van der Waals surface area contributed by atoms with Crippen LogP contribution in [0.25, 0.3) is 0 Å². The Morgan fingerprint density at radius 1 is 1.29 bits per heavy atom. The van der Waals surface area contributed by atoms with Crippen LogP contribution >= 0.6 is 11.6 Å². The minimum Gasteiger partial charge on any atom is -0.308 e. The Hall–Kier alpha value is -0.670. The van der Waals surface area contributed by atoms with E-state index in [0.717, 1.165) is 12.1 Å². The van der Waals surface area contributed by atoms with Crippen LogP contribution in [0, 0.1) is 11.6 Å². The second-order valence-electron chi connectivity index (χ2n) is 3.40. The summed E-state index contributed by atoms with van der Waals surface area (Å²) < 4.78 is 25.4. The molecule has 1 aromatic carbocycles. The van der Waals surface area contributed by atoms with Crippen LogP contribution in [0.15, 0.2) is 18.2 Å². The van der Waals surface area contributed by atoms with Crippen LogP contribution in [-0.2, 0) is 0 Å². The molecule has 0 heterocycles. The van der Waals surface area contributed by atoms with Crippen LogP contribution in [0.5, 0.6) is 0 Å². The SMILES string of the molecule is CN(C)CC(Cl)c1ccc(F)c(F)c1. The van der Waals surface area contributed by atoms with E-state index in [9.17, 15) is 8.78 Å². The minimum absolute atomic E-state index is 0.319. The van der Waals surface area contributed by atoms with Crippen molar-refractivity contribution in [2.24, 2.45) is 0 Å². The van der Waals surface area contributed by atoms with E-state index in [1.54, 1.807) is 0 Å². The molecule has 0 bridgehead atoms. The van der Waals surface area contributed by atoms with Gasteiger partial charge < -0.3 is 4.90 Å². The zero-order valence-electron chi connectivity index (χ0n) is 8.10. The zero-order valence-corrected chi connectivity index (χ0v) is 8.85. The second kappa shape index (κ2) is 4.71. The van der Waals surface area contributed by atoms with Gasteiger partial charge in [0.1, 0.15) is 0 Å². The summed E-state index contributed by atoms with van der Waals surface area (Å²) in [6, 6.07) is 3.73. The predicted octanol–water partition coefficient (Wildman–Crippen LogP) is 2.81. The Labute approximate surface area is 87.3 Å². The van der Waals surface area contributed by atoms with Crippen LogP contribution in [0.2, 0.25) is 0 Å². The van der Waals surface area contributed by atoms with Gasteiger partial charge in [-0.05, 0) is 31.8 Å².